The van der Waals surface area contributed by atoms with Gasteiger partial charge in [0.1, 0.15) is 5.92 Å². The lowest BCUT2D eigenvalue weighted by molar-refractivity contribution is -0.304. The monoisotopic (exact) mass is 260 g/mol. The van der Waals surface area contributed by atoms with Gasteiger partial charge in [0.25, 0.3) is 11.8 Å². The first-order valence-electron chi connectivity index (χ1n) is 5.17. The standard InChI is InChI=1S/C10H13F5O2/c1-3-5-4-6(7(16)17)10(14,15)8(2,11)9(5,12)13/h5-6H,3-4H2,1-2H3,(H,16,17). The van der Waals surface area contributed by atoms with Crippen molar-refractivity contribution in [3.8, 4) is 0 Å². The molecule has 2 nitrogen and oxygen atoms in total. The molecule has 0 heterocycles. The van der Waals surface area contributed by atoms with Crippen LogP contribution < -0.4 is 0 Å². The Morgan fingerprint density at radius 3 is 2.06 bits per heavy atom. The number of hydrogen-bond acceptors (Lipinski definition) is 1. The van der Waals surface area contributed by atoms with E-state index in [0.29, 0.717) is 0 Å². The summed E-state index contributed by atoms with van der Waals surface area (Å²) in [5, 5.41) is 8.60. The Kier molecular flexibility index (Phi) is 3.18. The van der Waals surface area contributed by atoms with Crippen LogP contribution in [0.4, 0.5) is 22.0 Å². The van der Waals surface area contributed by atoms with Crippen LogP contribution in [0.15, 0.2) is 0 Å². The summed E-state index contributed by atoms with van der Waals surface area (Å²) in [5.41, 5.74) is -4.15. The zero-order chi connectivity index (χ0) is 13.6. The number of halogens is 5. The van der Waals surface area contributed by atoms with Crippen molar-refractivity contribution >= 4 is 5.97 Å². The van der Waals surface area contributed by atoms with Crippen molar-refractivity contribution in [2.75, 3.05) is 0 Å². The molecule has 1 rings (SSSR count). The summed E-state index contributed by atoms with van der Waals surface area (Å²) in [6, 6.07) is 0. The van der Waals surface area contributed by atoms with Crippen molar-refractivity contribution in [1.82, 2.24) is 0 Å². The second-order valence-electron chi connectivity index (χ2n) is 4.48. The van der Waals surface area contributed by atoms with Crippen LogP contribution in [-0.2, 0) is 4.79 Å². The second kappa shape index (κ2) is 3.81. The van der Waals surface area contributed by atoms with Gasteiger partial charge in [0.15, 0.2) is 0 Å². The van der Waals surface area contributed by atoms with Gasteiger partial charge in [-0.25, -0.2) is 22.0 Å². The van der Waals surface area contributed by atoms with Gasteiger partial charge in [-0.1, -0.05) is 6.92 Å². The number of carboxylic acid groups (broad SMARTS) is 1. The van der Waals surface area contributed by atoms with Gasteiger partial charge in [0.05, 0.1) is 0 Å². The van der Waals surface area contributed by atoms with Gasteiger partial charge in [-0.3, -0.25) is 4.79 Å². The molecule has 7 heteroatoms. The van der Waals surface area contributed by atoms with E-state index in [1.54, 1.807) is 0 Å². The normalized spacial score (nSPS) is 39.9. The molecule has 1 aliphatic rings. The summed E-state index contributed by atoms with van der Waals surface area (Å²) < 4.78 is 67.7. The first-order chi connectivity index (χ1) is 7.50. The molecule has 0 radical (unpaired) electrons. The molecule has 0 saturated heterocycles. The van der Waals surface area contributed by atoms with Crippen LogP contribution in [-0.4, -0.2) is 28.6 Å². The molecule has 0 aromatic carbocycles. The van der Waals surface area contributed by atoms with Crippen LogP contribution in [0, 0.1) is 11.8 Å². The van der Waals surface area contributed by atoms with E-state index in [2.05, 4.69) is 0 Å². The molecule has 3 unspecified atom stereocenters. The summed E-state index contributed by atoms with van der Waals surface area (Å²) >= 11 is 0. The Morgan fingerprint density at radius 1 is 1.24 bits per heavy atom. The van der Waals surface area contributed by atoms with E-state index in [1.807, 2.05) is 0 Å². The molecule has 1 fully saturated rings. The van der Waals surface area contributed by atoms with Gasteiger partial charge in [-0.05, 0) is 19.8 Å². The highest BCUT2D eigenvalue weighted by Crippen LogP contribution is 2.58. The van der Waals surface area contributed by atoms with Gasteiger partial charge >= 0.3 is 5.97 Å². The van der Waals surface area contributed by atoms with Crippen LogP contribution in [0.3, 0.4) is 0 Å². The van der Waals surface area contributed by atoms with Crippen LogP contribution >= 0.6 is 0 Å². The summed E-state index contributed by atoms with van der Waals surface area (Å²) in [6.07, 6.45) is -1.18. The maximum atomic E-state index is 13.7. The predicted octanol–water partition coefficient (Wildman–Crippen LogP) is 3.12. The summed E-state index contributed by atoms with van der Waals surface area (Å²) in [7, 11) is 0. The molecule has 0 aliphatic heterocycles. The Labute approximate surface area is 94.8 Å². The lowest BCUT2D eigenvalue weighted by Crippen LogP contribution is -2.66. The van der Waals surface area contributed by atoms with Gasteiger partial charge in [0, 0.05) is 5.92 Å². The van der Waals surface area contributed by atoms with E-state index in [4.69, 9.17) is 5.11 Å². The van der Waals surface area contributed by atoms with Crippen LogP contribution in [0.5, 0.6) is 0 Å². The lowest BCUT2D eigenvalue weighted by Gasteiger charge is -2.47. The molecule has 100 valence electrons. The van der Waals surface area contributed by atoms with Crippen molar-refractivity contribution in [1.29, 1.82) is 0 Å². The zero-order valence-corrected chi connectivity index (χ0v) is 9.31. The topological polar surface area (TPSA) is 37.3 Å². The summed E-state index contributed by atoms with van der Waals surface area (Å²) in [5.74, 6) is -14.9. The zero-order valence-electron chi connectivity index (χ0n) is 9.31. The minimum Gasteiger partial charge on any atom is -0.481 e. The SMILES string of the molecule is CCC1CC(C(=O)O)C(F)(F)C(C)(F)C1(F)F. The molecule has 1 N–H and O–H groups in total. The summed E-state index contributed by atoms with van der Waals surface area (Å²) in [6.45, 7) is 1.36. The number of carbonyl (C=O) groups is 1. The van der Waals surface area contributed by atoms with Crippen LogP contribution in [0.2, 0.25) is 0 Å². The van der Waals surface area contributed by atoms with E-state index >= 15 is 0 Å². The molecule has 3 atom stereocenters. The van der Waals surface area contributed by atoms with Crippen molar-refractivity contribution < 1.29 is 31.9 Å². The number of alkyl halides is 5. The molecule has 0 spiro atoms. The van der Waals surface area contributed by atoms with Crippen LogP contribution in [0.25, 0.3) is 0 Å². The first kappa shape index (κ1) is 14.2. The molecule has 17 heavy (non-hydrogen) atoms. The highest BCUT2D eigenvalue weighted by Gasteiger charge is 2.76. The third kappa shape index (κ3) is 1.70. The van der Waals surface area contributed by atoms with Gasteiger partial charge in [-0.15, -0.1) is 0 Å². The molecule has 0 aromatic heterocycles. The van der Waals surface area contributed by atoms with Crippen molar-refractivity contribution in [2.24, 2.45) is 11.8 Å². The number of aliphatic carboxylic acids is 1. The molecular weight excluding hydrogens is 247 g/mol. The fraction of sp³-hybridized carbons (Fsp3) is 0.900. The van der Waals surface area contributed by atoms with Crippen molar-refractivity contribution in [2.45, 2.75) is 44.2 Å². The summed E-state index contributed by atoms with van der Waals surface area (Å²) in [4.78, 5) is 10.6. The Morgan fingerprint density at radius 2 is 1.71 bits per heavy atom. The van der Waals surface area contributed by atoms with E-state index in [-0.39, 0.29) is 13.3 Å². The van der Waals surface area contributed by atoms with E-state index in [0.717, 1.165) is 0 Å². The first-order valence-corrected chi connectivity index (χ1v) is 5.17. The van der Waals surface area contributed by atoms with Crippen molar-refractivity contribution in [3.05, 3.63) is 0 Å². The number of rotatable bonds is 2. The minimum atomic E-state index is -4.59. The molecule has 0 amide bonds. The smallest absolute Gasteiger partial charge is 0.312 e. The molecule has 0 bridgehead atoms. The number of carboxylic acids is 1. The third-order valence-corrected chi connectivity index (χ3v) is 3.51. The largest absolute Gasteiger partial charge is 0.481 e. The maximum absolute atomic E-state index is 13.7. The second-order valence-corrected chi connectivity index (χ2v) is 4.48. The minimum absolute atomic E-state index is 0.0742. The van der Waals surface area contributed by atoms with Crippen LogP contribution in [0.1, 0.15) is 26.7 Å². The maximum Gasteiger partial charge on any atom is 0.312 e. The molecular formula is C10H13F5O2. The average molecular weight is 260 g/mol. The third-order valence-electron chi connectivity index (χ3n) is 3.51. The lowest BCUT2D eigenvalue weighted by atomic mass is 9.67. The number of hydrogen-bond donors (Lipinski definition) is 1. The Bertz CT molecular complexity index is 327. The Balaban J connectivity index is 3.28. The van der Waals surface area contributed by atoms with Crippen molar-refractivity contribution in [3.63, 3.8) is 0 Å². The molecule has 1 aliphatic carbocycles. The van der Waals surface area contributed by atoms with E-state index in [9.17, 15) is 26.7 Å². The molecule has 1 saturated carbocycles. The molecule has 0 aromatic rings. The highest BCUT2D eigenvalue weighted by atomic mass is 19.3. The van der Waals surface area contributed by atoms with Gasteiger partial charge < -0.3 is 5.11 Å². The fourth-order valence-corrected chi connectivity index (χ4v) is 2.19. The van der Waals surface area contributed by atoms with E-state index < -0.39 is 41.7 Å². The Hall–Kier alpha value is -0.880. The highest BCUT2D eigenvalue weighted by molar-refractivity contribution is 5.72. The quantitative estimate of drug-likeness (QED) is 0.774. The van der Waals surface area contributed by atoms with E-state index in [1.165, 1.54) is 6.92 Å². The average Bonchev–Trinajstić information content (AvgIpc) is 2.15. The fourth-order valence-electron chi connectivity index (χ4n) is 2.19. The predicted molar refractivity (Wildman–Crippen MR) is 48.9 cm³/mol. The van der Waals surface area contributed by atoms with Gasteiger partial charge in [0.2, 0.25) is 5.67 Å². The van der Waals surface area contributed by atoms with Gasteiger partial charge in [-0.2, -0.15) is 0 Å².